The van der Waals surface area contributed by atoms with E-state index in [0.717, 1.165) is 0 Å². The monoisotopic (exact) mass is 482 g/mol. The summed E-state index contributed by atoms with van der Waals surface area (Å²) in [6.07, 6.45) is 7.44. The molecule has 11 nitrogen and oxygen atoms in total. The third-order valence-corrected chi connectivity index (χ3v) is 5.12. The highest BCUT2D eigenvalue weighted by Gasteiger charge is 2.17. The van der Waals surface area contributed by atoms with Gasteiger partial charge in [-0.25, -0.2) is 24.5 Å². The molecule has 0 spiro atoms. The number of imidazole rings is 2. The predicted octanol–water partition coefficient (Wildman–Crippen LogP) is 4.41. The number of nitrogens with zero attached hydrogens (tertiary/aromatic N) is 6. The van der Waals surface area contributed by atoms with E-state index < -0.39 is 6.09 Å². The van der Waals surface area contributed by atoms with E-state index in [1.165, 1.54) is 11.1 Å². The summed E-state index contributed by atoms with van der Waals surface area (Å²) in [5.74, 6) is 0.914. The number of carbonyl (C=O) groups excluding carboxylic acids is 2. The molecule has 0 atom stereocenters. The lowest BCUT2D eigenvalue weighted by Gasteiger charge is -2.17. The van der Waals surface area contributed by atoms with Crippen molar-refractivity contribution in [1.29, 1.82) is 0 Å². The molecule has 4 aromatic rings. The fraction of sp³-hybridized carbons (Fsp3) is 0.227. The maximum atomic E-state index is 12.7. The molecule has 12 heteroatoms. The summed E-state index contributed by atoms with van der Waals surface area (Å²) >= 11 is 6.43. The van der Waals surface area contributed by atoms with E-state index in [1.54, 1.807) is 79.9 Å². The number of fused-ring (bicyclic) bond motifs is 1. The smallest absolute Gasteiger partial charge is 0.411 e. The average Bonchev–Trinajstić information content (AvgIpc) is 3.39. The molecular formula is C22H23ClN8O3. The molecule has 0 bridgehead atoms. The Kier molecular flexibility index (Phi) is 6.37. The van der Waals surface area contributed by atoms with Crippen LogP contribution in [-0.4, -0.2) is 49.2 Å². The van der Waals surface area contributed by atoms with E-state index in [9.17, 15) is 9.59 Å². The van der Waals surface area contributed by atoms with Crippen molar-refractivity contribution < 1.29 is 14.3 Å². The first kappa shape index (κ1) is 23.1. The van der Waals surface area contributed by atoms with Crippen LogP contribution in [0.3, 0.4) is 0 Å². The van der Waals surface area contributed by atoms with Crippen LogP contribution in [0.5, 0.6) is 0 Å². The van der Waals surface area contributed by atoms with Gasteiger partial charge in [-0.15, -0.1) is 0 Å². The molecule has 0 aliphatic heterocycles. The molecule has 0 saturated carbocycles. The van der Waals surface area contributed by atoms with Crippen molar-refractivity contribution in [2.45, 2.75) is 20.0 Å². The Labute approximate surface area is 200 Å². The highest BCUT2D eigenvalue weighted by molar-refractivity contribution is 6.33. The van der Waals surface area contributed by atoms with Crippen LogP contribution in [0.4, 0.5) is 26.9 Å². The molecule has 3 amide bonds. The number of carbonyl (C=O) groups is 2. The molecule has 176 valence electrons. The number of anilines is 3. The Morgan fingerprint density at radius 3 is 2.65 bits per heavy atom. The summed E-state index contributed by atoms with van der Waals surface area (Å²) in [4.78, 5) is 38.9. The maximum Gasteiger partial charge on any atom is 0.411 e. The number of aryl methyl sites for hydroxylation is 1. The molecule has 0 aliphatic rings. The summed E-state index contributed by atoms with van der Waals surface area (Å²) in [6.45, 7) is 3.53. The van der Waals surface area contributed by atoms with Crippen LogP contribution in [0, 0.1) is 0 Å². The fourth-order valence-corrected chi connectivity index (χ4v) is 3.43. The third-order valence-electron chi connectivity index (χ3n) is 4.79. The van der Waals surface area contributed by atoms with Crippen LogP contribution in [0.1, 0.15) is 13.8 Å². The van der Waals surface area contributed by atoms with Gasteiger partial charge in [0.05, 0.1) is 28.7 Å². The summed E-state index contributed by atoms with van der Waals surface area (Å²) in [7, 11) is 3.43. The summed E-state index contributed by atoms with van der Waals surface area (Å²) in [6, 6.07) is 4.75. The molecule has 3 aromatic heterocycles. The van der Waals surface area contributed by atoms with E-state index in [4.69, 9.17) is 16.3 Å². The second-order valence-corrected chi connectivity index (χ2v) is 8.18. The summed E-state index contributed by atoms with van der Waals surface area (Å²) in [5.41, 5.74) is 2.15. The van der Waals surface area contributed by atoms with Gasteiger partial charge < -0.3 is 14.6 Å². The van der Waals surface area contributed by atoms with Gasteiger partial charge in [0.2, 0.25) is 11.7 Å². The standard InChI is InChI=1S/C22H23ClN8O3/c1-13(2)34-22(33)27-15-10-25-19-28-18(12-31(19)11-15)16-9-14(5-6-17(16)23)26-21(32)30(4)20-24-7-8-29(20)3/h5-13H,1-4H3,(H,26,32)(H,27,33). The Morgan fingerprint density at radius 1 is 1.15 bits per heavy atom. The number of rotatable bonds is 5. The van der Waals surface area contributed by atoms with Gasteiger partial charge in [-0.1, -0.05) is 11.6 Å². The highest BCUT2D eigenvalue weighted by Crippen LogP contribution is 2.30. The van der Waals surface area contributed by atoms with Crippen molar-refractivity contribution in [3.63, 3.8) is 0 Å². The van der Waals surface area contributed by atoms with E-state index >= 15 is 0 Å². The first-order valence-corrected chi connectivity index (χ1v) is 10.7. The molecule has 0 saturated heterocycles. The van der Waals surface area contributed by atoms with Gasteiger partial charge in [-0.05, 0) is 32.0 Å². The van der Waals surface area contributed by atoms with E-state index in [-0.39, 0.29) is 12.1 Å². The van der Waals surface area contributed by atoms with Gasteiger partial charge >= 0.3 is 12.1 Å². The van der Waals surface area contributed by atoms with Gasteiger partial charge in [0.1, 0.15) is 0 Å². The van der Waals surface area contributed by atoms with Crippen LogP contribution in [0.25, 0.3) is 17.0 Å². The zero-order valence-electron chi connectivity index (χ0n) is 19.0. The van der Waals surface area contributed by atoms with Gasteiger partial charge in [0, 0.05) is 50.1 Å². The second-order valence-electron chi connectivity index (χ2n) is 7.78. The number of urea groups is 1. The van der Waals surface area contributed by atoms with Crippen molar-refractivity contribution >= 4 is 46.8 Å². The number of nitrogens with one attached hydrogen (secondary N) is 2. The molecule has 0 aliphatic carbocycles. The summed E-state index contributed by atoms with van der Waals surface area (Å²) in [5, 5.41) is 5.92. The quantitative estimate of drug-likeness (QED) is 0.435. The Morgan fingerprint density at radius 2 is 1.94 bits per heavy atom. The minimum atomic E-state index is -0.571. The van der Waals surface area contributed by atoms with Gasteiger partial charge in [0.25, 0.3) is 0 Å². The first-order valence-electron chi connectivity index (χ1n) is 10.4. The normalized spacial score (nSPS) is 11.0. The molecule has 34 heavy (non-hydrogen) atoms. The van der Waals surface area contributed by atoms with Crippen molar-refractivity contribution in [2.75, 3.05) is 22.6 Å². The lowest BCUT2D eigenvalue weighted by atomic mass is 10.1. The second kappa shape index (κ2) is 9.40. The molecule has 4 rings (SSSR count). The molecule has 2 N–H and O–H groups in total. The Balaban J connectivity index is 1.56. The lowest BCUT2D eigenvalue weighted by Crippen LogP contribution is -2.33. The van der Waals surface area contributed by atoms with Gasteiger partial charge in [0.15, 0.2) is 0 Å². The summed E-state index contributed by atoms with van der Waals surface area (Å²) < 4.78 is 8.49. The SMILES string of the molecule is CC(C)OC(=O)Nc1cnc2nc(-c3cc(NC(=O)N(C)c4nccn4C)ccc3Cl)cn2c1. The first-order chi connectivity index (χ1) is 16.2. The molecule has 1 aromatic carbocycles. The van der Waals surface area contributed by atoms with Crippen LogP contribution in [-0.2, 0) is 11.8 Å². The average molecular weight is 483 g/mol. The molecule has 0 radical (unpaired) electrons. The maximum absolute atomic E-state index is 12.7. The predicted molar refractivity (Wildman–Crippen MR) is 129 cm³/mol. The van der Waals surface area contributed by atoms with Gasteiger partial charge in [-0.3, -0.25) is 14.6 Å². The van der Waals surface area contributed by atoms with Crippen molar-refractivity contribution in [3.05, 3.63) is 54.2 Å². The van der Waals surface area contributed by atoms with Crippen LogP contribution >= 0.6 is 11.6 Å². The number of hydrogen-bond acceptors (Lipinski definition) is 6. The third kappa shape index (κ3) is 4.94. The highest BCUT2D eigenvalue weighted by atomic mass is 35.5. The van der Waals surface area contributed by atoms with E-state index in [0.29, 0.717) is 39.4 Å². The lowest BCUT2D eigenvalue weighted by molar-refractivity contribution is 0.130. The Hall–Kier alpha value is -4.12. The van der Waals surface area contributed by atoms with Crippen molar-refractivity contribution in [1.82, 2.24) is 23.9 Å². The van der Waals surface area contributed by atoms with E-state index in [1.807, 2.05) is 0 Å². The zero-order chi connectivity index (χ0) is 24.4. The minimum absolute atomic E-state index is 0.241. The molecule has 0 unspecified atom stereocenters. The van der Waals surface area contributed by atoms with Crippen molar-refractivity contribution in [2.24, 2.45) is 7.05 Å². The molecule has 3 heterocycles. The topological polar surface area (TPSA) is 119 Å². The van der Waals surface area contributed by atoms with Crippen molar-refractivity contribution in [3.8, 4) is 11.3 Å². The minimum Gasteiger partial charge on any atom is -0.447 e. The fourth-order valence-electron chi connectivity index (χ4n) is 3.22. The molecular weight excluding hydrogens is 460 g/mol. The van der Waals surface area contributed by atoms with Crippen LogP contribution < -0.4 is 15.5 Å². The molecule has 0 fully saturated rings. The van der Waals surface area contributed by atoms with Crippen LogP contribution in [0.2, 0.25) is 5.02 Å². The van der Waals surface area contributed by atoms with Gasteiger partial charge in [-0.2, -0.15) is 0 Å². The number of ether oxygens (including phenoxy) is 1. The number of benzene rings is 1. The Bertz CT molecular complexity index is 1360. The largest absolute Gasteiger partial charge is 0.447 e. The van der Waals surface area contributed by atoms with Crippen LogP contribution in [0.15, 0.2) is 49.2 Å². The van der Waals surface area contributed by atoms with E-state index in [2.05, 4.69) is 25.6 Å². The number of aromatic nitrogens is 5. The number of halogens is 1. The number of hydrogen-bond donors (Lipinski definition) is 2. The zero-order valence-corrected chi connectivity index (χ0v) is 19.7. The number of amides is 3.